The molecule has 2 heterocycles. The van der Waals surface area contributed by atoms with Crippen molar-refractivity contribution in [1.82, 2.24) is 0 Å². The maximum absolute atomic E-state index is 8.91. The van der Waals surface area contributed by atoms with E-state index in [1.54, 1.807) is 0 Å². The number of hydrogen-bond acceptors (Lipinski definition) is 4. The van der Waals surface area contributed by atoms with Crippen molar-refractivity contribution in [3.8, 4) is 11.1 Å². The molecule has 0 radical (unpaired) electrons. The minimum absolute atomic E-state index is 0.0535. The number of nitrogens with one attached hydrogen (secondary N) is 1. The molecule has 1 N–H and O–H groups in total. The molecule has 0 saturated heterocycles. The smallest absolute Gasteiger partial charge is 0.155 e. The Morgan fingerprint density at radius 2 is 1.61 bits per heavy atom. The Labute approximate surface area is 318 Å². The van der Waals surface area contributed by atoms with Gasteiger partial charge in [-0.1, -0.05) is 109 Å². The van der Waals surface area contributed by atoms with Gasteiger partial charge in [-0.25, -0.2) is 4.99 Å². The molecule has 0 bridgehead atoms. The van der Waals surface area contributed by atoms with Crippen LogP contribution in [0.15, 0.2) is 167 Å². The van der Waals surface area contributed by atoms with Crippen molar-refractivity contribution < 1.29 is 0 Å². The van der Waals surface area contributed by atoms with Crippen LogP contribution in [-0.2, 0) is 5.41 Å². The zero-order chi connectivity index (χ0) is 35.8. The Balaban J connectivity index is 1.12. The van der Waals surface area contributed by atoms with Crippen molar-refractivity contribution in [3.05, 3.63) is 185 Å². The predicted octanol–water partition coefficient (Wildman–Crippen LogP) is 11.2. The normalized spacial score (nSPS) is 30.8. The van der Waals surface area contributed by atoms with Crippen LogP contribution in [0.5, 0.6) is 0 Å². The number of amidine groups is 1. The fourth-order valence-corrected chi connectivity index (χ4v) is 11.1. The quantitative estimate of drug-likeness (QED) is 0.272. The highest BCUT2D eigenvalue weighted by Crippen LogP contribution is 2.66. The van der Waals surface area contributed by atoms with Crippen LogP contribution in [0.25, 0.3) is 11.1 Å². The summed E-state index contributed by atoms with van der Waals surface area (Å²) in [4.78, 5) is 13.2. The average Bonchev–Trinajstić information content (AvgIpc) is 3.69. The van der Waals surface area contributed by atoms with Crippen molar-refractivity contribution in [2.75, 3.05) is 4.90 Å². The first-order valence-electron chi connectivity index (χ1n) is 20.1. The van der Waals surface area contributed by atoms with Crippen LogP contribution in [0.1, 0.15) is 78.7 Å². The highest BCUT2D eigenvalue weighted by atomic mass is 15.1. The third kappa shape index (κ3) is 4.65. The van der Waals surface area contributed by atoms with E-state index in [9.17, 15) is 0 Å². The molecule has 54 heavy (non-hydrogen) atoms. The minimum Gasteiger partial charge on any atom is -0.321 e. The molecule has 4 heteroatoms. The standard InChI is InChI=1S/C50H44N4/c51-45-22-12-13-29-54(47-24-11-7-18-39(45)47)34-26-28-38-37-27-25-33(49-52-46-23-10-6-19-40(46)48(53-49)32-14-2-1-3-15-32)30-43(37)50(44(38)31-34)41-20-8-4-16-35(41)36-17-5-9-21-42(36)50/h1-4,6,8-10,12-14,16,19-23,25-32,36,40,42,46,51H,5,7,11,15,17-18,24H2/b22-12-,29-13-,51-45?. The summed E-state index contributed by atoms with van der Waals surface area (Å²) in [7, 11) is 0. The maximum Gasteiger partial charge on any atom is 0.155 e. The monoisotopic (exact) mass is 700 g/mol. The number of nitrogens with zero attached hydrogens (tertiary/aromatic N) is 3. The van der Waals surface area contributed by atoms with Crippen LogP contribution in [0.3, 0.4) is 0 Å². The summed E-state index contributed by atoms with van der Waals surface area (Å²) in [6.45, 7) is 0. The van der Waals surface area contributed by atoms with Gasteiger partial charge in [-0.05, 0) is 120 Å². The predicted molar refractivity (Wildman–Crippen MR) is 223 cm³/mol. The van der Waals surface area contributed by atoms with E-state index in [1.165, 1.54) is 56.0 Å². The van der Waals surface area contributed by atoms with Crippen molar-refractivity contribution in [3.63, 3.8) is 0 Å². The number of allylic oxidation sites excluding steroid dienone is 13. The Morgan fingerprint density at radius 3 is 2.54 bits per heavy atom. The molecule has 6 unspecified atom stereocenters. The summed E-state index contributed by atoms with van der Waals surface area (Å²) < 4.78 is 0. The highest BCUT2D eigenvalue weighted by molar-refractivity contribution is 6.12. The zero-order valence-corrected chi connectivity index (χ0v) is 30.5. The lowest BCUT2D eigenvalue weighted by atomic mass is 9.64. The second-order valence-electron chi connectivity index (χ2n) is 16.1. The van der Waals surface area contributed by atoms with E-state index >= 15 is 0 Å². The molecule has 0 amide bonds. The molecule has 11 rings (SSSR count). The molecule has 264 valence electrons. The van der Waals surface area contributed by atoms with Gasteiger partial charge in [-0.15, -0.1) is 0 Å². The van der Waals surface area contributed by atoms with E-state index in [4.69, 9.17) is 15.4 Å². The molecule has 0 fully saturated rings. The molecule has 3 aromatic carbocycles. The molecule has 4 nitrogen and oxygen atoms in total. The third-order valence-electron chi connectivity index (χ3n) is 13.4. The first-order valence-corrected chi connectivity index (χ1v) is 20.1. The first-order chi connectivity index (χ1) is 26.7. The number of hydrogen-bond donors (Lipinski definition) is 1. The number of benzene rings is 3. The van der Waals surface area contributed by atoms with E-state index in [1.807, 2.05) is 12.2 Å². The first kappa shape index (κ1) is 31.9. The number of fused-ring (bicyclic) bond motifs is 11. The van der Waals surface area contributed by atoms with Crippen molar-refractivity contribution >= 4 is 22.9 Å². The van der Waals surface area contributed by atoms with E-state index in [2.05, 4.69) is 139 Å². The molecule has 3 aromatic rings. The second-order valence-corrected chi connectivity index (χ2v) is 16.1. The number of anilines is 1. The highest BCUT2D eigenvalue weighted by Gasteiger charge is 2.57. The van der Waals surface area contributed by atoms with E-state index in [0.29, 0.717) is 17.5 Å². The fraction of sp³-hybridized carbons (Fsp3) is 0.260. The van der Waals surface area contributed by atoms with E-state index in [0.717, 1.165) is 56.3 Å². The van der Waals surface area contributed by atoms with Gasteiger partial charge < -0.3 is 10.3 Å². The van der Waals surface area contributed by atoms with Gasteiger partial charge in [0.15, 0.2) is 5.84 Å². The molecule has 6 atom stereocenters. The summed E-state index contributed by atoms with van der Waals surface area (Å²) in [5.41, 5.74) is 14.6. The van der Waals surface area contributed by atoms with Crippen LogP contribution in [0, 0.1) is 23.2 Å². The van der Waals surface area contributed by atoms with Crippen LogP contribution in [0.4, 0.5) is 5.69 Å². The fourth-order valence-electron chi connectivity index (χ4n) is 11.1. The van der Waals surface area contributed by atoms with Gasteiger partial charge in [0.1, 0.15) is 0 Å². The molecule has 6 aliphatic carbocycles. The molecular weight excluding hydrogens is 657 g/mol. The second kappa shape index (κ2) is 12.5. The van der Waals surface area contributed by atoms with Crippen molar-refractivity contribution in [2.45, 2.75) is 62.3 Å². The number of aliphatic imine (C=N–C) groups is 2. The molecule has 0 aromatic heterocycles. The van der Waals surface area contributed by atoms with Gasteiger partial charge in [-0.3, -0.25) is 4.99 Å². The summed E-state index contributed by atoms with van der Waals surface area (Å²) in [6, 6.07) is 23.7. The summed E-state index contributed by atoms with van der Waals surface area (Å²) in [5, 5.41) is 8.91. The Morgan fingerprint density at radius 1 is 0.759 bits per heavy atom. The lowest BCUT2D eigenvalue weighted by Gasteiger charge is -2.38. The van der Waals surface area contributed by atoms with Gasteiger partial charge >= 0.3 is 0 Å². The summed E-state index contributed by atoms with van der Waals surface area (Å²) in [6.07, 6.45) is 38.5. The van der Waals surface area contributed by atoms with Crippen LogP contribution < -0.4 is 4.90 Å². The van der Waals surface area contributed by atoms with Gasteiger partial charge in [-0.2, -0.15) is 0 Å². The van der Waals surface area contributed by atoms with Gasteiger partial charge in [0, 0.05) is 46.6 Å². The lowest BCUT2D eigenvalue weighted by Crippen LogP contribution is -2.36. The van der Waals surface area contributed by atoms with E-state index < -0.39 is 0 Å². The van der Waals surface area contributed by atoms with Crippen LogP contribution >= 0.6 is 0 Å². The largest absolute Gasteiger partial charge is 0.321 e. The molecule has 8 aliphatic rings. The summed E-state index contributed by atoms with van der Waals surface area (Å²) >= 11 is 0. The van der Waals surface area contributed by atoms with Crippen LogP contribution in [-0.4, -0.2) is 23.3 Å². The average molecular weight is 701 g/mol. The minimum atomic E-state index is -0.341. The SMILES string of the molecule is N=C1/C=C\C=C/N(c2ccc3c(c2)C2(c4cc(C5=NC6C=CC=CC6C(C6C=CC=CC6)=N5)ccc4-3)c3ccccc3C3CCC=CC32)C2=C1CCCC2. The Hall–Kier alpha value is -5.61. The van der Waals surface area contributed by atoms with E-state index in [-0.39, 0.29) is 23.3 Å². The van der Waals surface area contributed by atoms with Crippen molar-refractivity contribution in [2.24, 2.45) is 27.7 Å². The zero-order valence-electron chi connectivity index (χ0n) is 30.5. The van der Waals surface area contributed by atoms with Crippen LogP contribution in [0.2, 0.25) is 0 Å². The van der Waals surface area contributed by atoms with Gasteiger partial charge in [0.05, 0.1) is 17.2 Å². The Kier molecular flexibility index (Phi) is 7.37. The summed E-state index contributed by atoms with van der Waals surface area (Å²) in [5.74, 6) is 2.08. The van der Waals surface area contributed by atoms with Gasteiger partial charge in [0.25, 0.3) is 0 Å². The molecule has 0 saturated carbocycles. The Bertz CT molecular complexity index is 2440. The molecule has 1 spiro atoms. The molecule has 2 aliphatic heterocycles. The number of rotatable bonds is 3. The topological polar surface area (TPSA) is 51.8 Å². The van der Waals surface area contributed by atoms with Gasteiger partial charge in [0.2, 0.25) is 0 Å². The van der Waals surface area contributed by atoms with Crippen molar-refractivity contribution in [1.29, 1.82) is 5.41 Å². The molecular formula is C50H44N4. The maximum atomic E-state index is 8.91. The lowest BCUT2D eigenvalue weighted by molar-refractivity contribution is 0.399. The third-order valence-corrected chi connectivity index (χ3v) is 13.4.